The van der Waals surface area contributed by atoms with Crippen LogP contribution in [0.15, 0.2) is 18.2 Å². The Morgan fingerprint density at radius 3 is 2.71 bits per heavy atom. The molecule has 0 atom stereocenters. The van der Waals surface area contributed by atoms with E-state index in [1.54, 1.807) is 0 Å². The molecule has 1 rings (SSSR count). The van der Waals surface area contributed by atoms with E-state index in [0.29, 0.717) is 18.7 Å². The SMILES string of the molecule is Cc1ccc(C(C)C)cc1CCNC(=O)C=O. The van der Waals surface area contributed by atoms with Crippen molar-refractivity contribution in [2.24, 2.45) is 0 Å². The van der Waals surface area contributed by atoms with Crippen molar-refractivity contribution in [3.63, 3.8) is 0 Å². The fourth-order valence-electron chi connectivity index (χ4n) is 1.68. The molecule has 0 unspecified atom stereocenters. The zero-order valence-electron chi connectivity index (χ0n) is 10.6. The molecule has 0 aromatic heterocycles. The molecule has 0 aliphatic rings. The predicted molar refractivity (Wildman–Crippen MR) is 68.0 cm³/mol. The topological polar surface area (TPSA) is 46.2 Å². The molecule has 17 heavy (non-hydrogen) atoms. The van der Waals surface area contributed by atoms with Crippen LogP contribution < -0.4 is 5.32 Å². The molecule has 0 bridgehead atoms. The normalized spacial score (nSPS) is 10.4. The molecule has 0 heterocycles. The maximum atomic E-state index is 10.8. The first kappa shape index (κ1) is 13.4. The summed E-state index contributed by atoms with van der Waals surface area (Å²) < 4.78 is 0. The van der Waals surface area contributed by atoms with Gasteiger partial charge in [-0.25, -0.2) is 0 Å². The second-order valence-corrected chi connectivity index (χ2v) is 4.50. The first-order chi connectivity index (χ1) is 8.04. The molecule has 1 aromatic carbocycles. The molecule has 0 saturated heterocycles. The number of aryl methyl sites for hydroxylation is 1. The van der Waals surface area contributed by atoms with Crippen LogP contribution in [0.1, 0.15) is 36.5 Å². The Labute approximate surface area is 102 Å². The Morgan fingerprint density at radius 1 is 1.41 bits per heavy atom. The predicted octanol–water partition coefficient (Wildman–Crippen LogP) is 1.98. The molecule has 3 heteroatoms. The van der Waals surface area contributed by atoms with Crippen LogP contribution in [0, 0.1) is 6.92 Å². The minimum atomic E-state index is -0.553. The molecule has 0 aliphatic carbocycles. The largest absolute Gasteiger partial charge is 0.349 e. The van der Waals surface area contributed by atoms with Crippen molar-refractivity contribution >= 4 is 12.2 Å². The smallest absolute Gasteiger partial charge is 0.284 e. The Balaban J connectivity index is 2.66. The Bertz CT molecular complexity index is 411. The number of rotatable bonds is 5. The molecule has 0 aliphatic heterocycles. The van der Waals surface area contributed by atoms with Crippen molar-refractivity contribution < 1.29 is 9.59 Å². The zero-order chi connectivity index (χ0) is 12.8. The Hall–Kier alpha value is -1.64. The minimum Gasteiger partial charge on any atom is -0.349 e. The van der Waals surface area contributed by atoms with Crippen LogP contribution in [0.5, 0.6) is 0 Å². The third-order valence-corrected chi connectivity index (χ3v) is 2.84. The van der Waals surface area contributed by atoms with Crippen LogP contribution in [-0.4, -0.2) is 18.7 Å². The van der Waals surface area contributed by atoms with Crippen LogP contribution in [0.2, 0.25) is 0 Å². The molecular formula is C14H19NO2. The Morgan fingerprint density at radius 2 is 2.12 bits per heavy atom. The minimum absolute atomic E-state index is 0.303. The second kappa shape index (κ2) is 6.18. The van der Waals surface area contributed by atoms with E-state index in [9.17, 15) is 9.59 Å². The van der Waals surface area contributed by atoms with Crippen LogP contribution >= 0.6 is 0 Å². The van der Waals surface area contributed by atoms with E-state index in [4.69, 9.17) is 0 Å². The van der Waals surface area contributed by atoms with Gasteiger partial charge in [0.2, 0.25) is 6.29 Å². The van der Waals surface area contributed by atoms with E-state index >= 15 is 0 Å². The highest BCUT2D eigenvalue weighted by Crippen LogP contribution is 2.18. The molecule has 0 saturated carbocycles. The number of hydrogen-bond acceptors (Lipinski definition) is 2. The van der Waals surface area contributed by atoms with Gasteiger partial charge in [0.05, 0.1) is 0 Å². The van der Waals surface area contributed by atoms with Gasteiger partial charge < -0.3 is 5.32 Å². The van der Waals surface area contributed by atoms with Crippen molar-refractivity contribution in [2.45, 2.75) is 33.1 Å². The maximum Gasteiger partial charge on any atom is 0.284 e. The molecule has 0 spiro atoms. The monoisotopic (exact) mass is 233 g/mol. The molecule has 1 N–H and O–H groups in total. The molecule has 1 amide bonds. The van der Waals surface area contributed by atoms with Gasteiger partial charge in [-0.1, -0.05) is 32.0 Å². The van der Waals surface area contributed by atoms with Gasteiger partial charge in [-0.15, -0.1) is 0 Å². The molecule has 0 radical (unpaired) electrons. The lowest BCUT2D eigenvalue weighted by Crippen LogP contribution is -2.26. The first-order valence-corrected chi connectivity index (χ1v) is 5.87. The van der Waals surface area contributed by atoms with Crippen LogP contribution in [0.25, 0.3) is 0 Å². The lowest BCUT2D eigenvalue weighted by Gasteiger charge is -2.11. The summed E-state index contributed by atoms with van der Waals surface area (Å²) in [6, 6.07) is 6.41. The van der Waals surface area contributed by atoms with Crippen LogP contribution in [0.3, 0.4) is 0 Å². The quantitative estimate of drug-likeness (QED) is 0.624. The number of amides is 1. The molecular weight excluding hydrogens is 214 g/mol. The van der Waals surface area contributed by atoms with Gasteiger partial charge >= 0.3 is 0 Å². The van der Waals surface area contributed by atoms with E-state index in [2.05, 4.69) is 44.3 Å². The van der Waals surface area contributed by atoms with Gasteiger partial charge in [0.25, 0.3) is 5.91 Å². The van der Waals surface area contributed by atoms with Gasteiger partial charge in [0.15, 0.2) is 0 Å². The first-order valence-electron chi connectivity index (χ1n) is 5.87. The summed E-state index contributed by atoms with van der Waals surface area (Å²) in [5, 5.41) is 2.55. The van der Waals surface area contributed by atoms with Crippen molar-refractivity contribution in [3.8, 4) is 0 Å². The molecule has 3 nitrogen and oxygen atoms in total. The molecule has 1 aromatic rings. The van der Waals surface area contributed by atoms with Crippen LogP contribution in [-0.2, 0) is 16.0 Å². The van der Waals surface area contributed by atoms with Crippen molar-refractivity contribution in [1.82, 2.24) is 5.32 Å². The third kappa shape index (κ3) is 4.02. The van der Waals surface area contributed by atoms with E-state index in [0.717, 1.165) is 6.42 Å². The number of carbonyl (C=O) groups is 2. The van der Waals surface area contributed by atoms with E-state index in [-0.39, 0.29) is 0 Å². The average molecular weight is 233 g/mol. The van der Waals surface area contributed by atoms with Crippen molar-refractivity contribution in [2.75, 3.05) is 6.54 Å². The van der Waals surface area contributed by atoms with Crippen molar-refractivity contribution in [3.05, 3.63) is 34.9 Å². The van der Waals surface area contributed by atoms with Crippen molar-refractivity contribution in [1.29, 1.82) is 0 Å². The summed E-state index contributed by atoms with van der Waals surface area (Å²) in [5.74, 6) is -0.0541. The number of hydrogen-bond donors (Lipinski definition) is 1. The van der Waals surface area contributed by atoms with Gasteiger partial charge in [-0.3, -0.25) is 9.59 Å². The summed E-state index contributed by atoms with van der Waals surface area (Å²) in [5.41, 5.74) is 3.74. The summed E-state index contributed by atoms with van der Waals surface area (Å²) >= 11 is 0. The summed E-state index contributed by atoms with van der Waals surface area (Å²) in [6.07, 6.45) is 1.06. The standard InChI is InChI=1S/C14H19NO2/c1-10(2)12-5-4-11(3)13(8-12)6-7-15-14(17)9-16/h4-5,8-10H,6-7H2,1-3H3,(H,15,17). The van der Waals surface area contributed by atoms with Gasteiger partial charge in [-0.2, -0.15) is 0 Å². The maximum absolute atomic E-state index is 10.8. The van der Waals surface area contributed by atoms with Gasteiger partial charge in [0, 0.05) is 6.54 Å². The van der Waals surface area contributed by atoms with Crippen LogP contribution in [0.4, 0.5) is 0 Å². The highest BCUT2D eigenvalue weighted by atomic mass is 16.2. The molecule has 0 fully saturated rings. The summed E-state index contributed by atoms with van der Waals surface area (Å²) in [4.78, 5) is 20.9. The van der Waals surface area contributed by atoms with Gasteiger partial charge in [0.1, 0.15) is 0 Å². The molecule has 92 valence electrons. The fraction of sp³-hybridized carbons (Fsp3) is 0.429. The lowest BCUT2D eigenvalue weighted by atomic mass is 9.96. The van der Waals surface area contributed by atoms with E-state index in [1.807, 2.05) is 0 Å². The lowest BCUT2D eigenvalue weighted by molar-refractivity contribution is -0.131. The summed E-state index contributed by atoms with van der Waals surface area (Å²) in [7, 11) is 0. The van der Waals surface area contributed by atoms with E-state index < -0.39 is 5.91 Å². The van der Waals surface area contributed by atoms with E-state index in [1.165, 1.54) is 16.7 Å². The number of aldehydes is 1. The van der Waals surface area contributed by atoms with Gasteiger partial charge in [-0.05, 0) is 36.0 Å². The number of nitrogens with one attached hydrogen (secondary N) is 1. The fourth-order valence-corrected chi connectivity index (χ4v) is 1.68. The second-order valence-electron chi connectivity index (χ2n) is 4.50. The Kier molecular flexibility index (Phi) is 4.88. The average Bonchev–Trinajstić information content (AvgIpc) is 2.30. The summed E-state index contributed by atoms with van der Waals surface area (Å²) in [6.45, 7) is 6.87. The highest BCUT2D eigenvalue weighted by Gasteiger charge is 2.04. The highest BCUT2D eigenvalue weighted by molar-refractivity contribution is 6.23. The third-order valence-electron chi connectivity index (χ3n) is 2.84. The zero-order valence-corrected chi connectivity index (χ0v) is 10.6. The number of benzene rings is 1. The number of carbonyl (C=O) groups excluding carboxylic acids is 2.